The van der Waals surface area contributed by atoms with Gasteiger partial charge in [0.15, 0.2) is 5.69 Å². The summed E-state index contributed by atoms with van der Waals surface area (Å²) < 4.78 is 11.7. The number of thioether (sulfide) groups is 1. The minimum atomic E-state index is -0.454. The van der Waals surface area contributed by atoms with Gasteiger partial charge in [-0.15, -0.1) is 10.2 Å². The molecule has 0 amide bonds. The first-order valence-corrected chi connectivity index (χ1v) is 8.97. The molecule has 25 heavy (non-hydrogen) atoms. The van der Waals surface area contributed by atoms with Crippen LogP contribution in [-0.4, -0.2) is 28.5 Å². The highest BCUT2D eigenvalue weighted by atomic mass is 32.2. The van der Waals surface area contributed by atoms with E-state index in [1.165, 1.54) is 11.8 Å². The van der Waals surface area contributed by atoms with Gasteiger partial charge in [0.05, 0.1) is 12.7 Å². The first kappa shape index (κ1) is 15.7. The lowest BCUT2D eigenvalue weighted by Gasteiger charge is -2.21. The van der Waals surface area contributed by atoms with E-state index in [-0.39, 0.29) is 0 Å². The zero-order chi connectivity index (χ0) is 17.2. The molecule has 7 heteroatoms. The molecule has 1 aliphatic heterocycles. The highest BCUT2D eigenvalue weighted by Crippen LogP contribution is 2.40. The number of para-hydroxylation sites is 2. The van der Waals surface area contributed by atoms with Crippen molar-refractivity contribution in [3.05, 3.63) is 54.1 Å². The lowest BCUT2D eigenvalue weighted by Crippen LogP contribution is -2.18. The van der Waals surface area contributed by atoms with Gasteiger partial charge in [0.2, 0.25) is 17.3 Å². The van der Waals surface area contributed by atoms with E-state index in [0.717, 1.165) is 22.6 Å². The molecule has 6 nitrogen and oxygen atoms in total. The van der Waals surface area contributed by atoms with Crippen LogP contribution >= 0.6 is 11.8 Å². The normalized spacial score (nSPS) is 15.2. The lowest BCUT2D eigenvalue weighted by atomic mass is 10.1. The second-order valence-corrected chi connectivity index (χ2v) is 6.16. The Bertz CT molecular complexity index is 919. The number of anilines is 1. The Labute approximate surface area is 149 Å². The van der Waals surface area contributed by atoms with Crippen LogP contribution in [0.5, 0.6) is 11.6 Å². The van der Waals surface area contributed by atoms with Crippen molar-refractivity contribution in [2.24, 2.45) is 0 Å². The molecule has 1 aliphatic rings. The topological polar surface area (TPSA) is 69.2 Å². The van der Waals surface area contributed by atoms with Crippen LogP contribution in [0.25, 0.3) is 11.3 Å². The van der Waals surface area contributed by atoms with Gasteiger partial charge < -0.3 is 14.8 Å². The molecule has 0 saturated heterocycles. The molecule has 126 valence electrons. The van der Waals surface area contributed by atoms with Gasteiger partial charge in [-0.1, -0.05) is 42.1 Å². The van der Waals surface area contributed by atoms with E-state index in [4.69, 9.17) is 9.47 Å². The maximum atomic E-state index is 6.19. The molecule has 0 radical (unpaired) electrons. The molecule has 0 bridgehead atoms. The van der Waals surface area contributed by atoms with E-state index in [9.17, 15) is 0 Å². The smallest absolute Gasteiger partial charge is 0.247 e. The van der Waals surface area contributed by atoms with E-state index in [0.29, 0.717) is 16.7 Å². The van der Waals surface area contributed by atoms with E-state index in [1.54, 1.807) is 7.11 Å². The average molecular weight is 352 g/mol. The zero-order valence-electron chi connectivity index (χ0n) is 13.8. The van der Waals surface area contributed by atoms with Crippen molar-refractivity contribution < 1.29 is 9.47 Å². The number of nitrogens with one attached hydrogen (secondary N) is 1. The summed E-state index contributed by atoms with van der Waals surface area (Å²) >= 11 is 1.42. The number of methoxy groups -OCH3 is 1. The summed E-state index contributed by atoms with van der Waals surface area (Å²) in [7, 11) is 1.65. The standard InChI is InChI=1S/C18H16N4O2S/c1-23-14-10-6-4-8-12(14)16-19-13-9-5-3-7-11(13)15-17(24-16)20-18(25-2)22-21-15/h3-10,16,19H,1-2H3/t16-/m1/s1. The molecule has 2 aromatic carbocycles. The molecule has 0 fully saturated rings. The summed E-state index contributed by atoms with van der Waals surface area (Å²) in [4.78, 5) is 4.51. The van der Waals surface area contributed by atoms with Crippen LogP contribution in [0, 0.1) is 0 Å². The fourth-order valence-electron chi connectivity index (χ4n) is 2.76. The summed E-state index contributed by atoms with van der Waals surface area (Å²) in [5.41, 5.74) is 3.32. The summed E-state index contributed by atoms with van der Waals surface area (Å²) in [6, 6.07) is 15.6. The summed E-state index contributed by atoms with van der Waals surface area (Å²) in [6.07, 6.45) is 1.45. The number of aromatic nitrogens is 3. The van der Waals surface area contributed by atoms with Crippen molar-refractivity contribution in [1.29, 1.82) is 0 Å². The molecule has 0 spiro atoms. The quantitative estimate of drug-likeness (QED) is 0.720. The van der Waals surface area contributed by atoms with Crippen molar-refractivity contribution in [3.63, 3.8) is 0 Å². The molecular weight excluding hydrogens is 336 g/mol. The predicted molar refractivity (Wildman–Crippen MR) is 97.0 cm³/mol. The SMILES string of the molecule is COc1ccccc1[C@@H]1Nc2ccccc2-c2nnc(SC)nc2O1. The Kier molecular flexibility index (Phi) is 4.15. The highest BCUT2D eigenvalue weighted by molar-refractivity contribution is 7.98. The number of hydrogen-bond donors (Lipinski definition) is 1. The average Bonchev–Trinajstić information content (AvgIpc) is 2.84. The zero-order valence-corrected chi connectivity index (χ0v) is 14.6. The fourth-order valence-corrected chi connectivity index (χ4v) is 3.05. The molecule has 1 N–H and O–H groups in total. The summed E-state index contributed by atoms with van der Waals surface area (Å²) in [5, 5.41) is 12.5. The summed E-state index contributed by atoms with van der Waals surface area (Å²) in [6.45, 7) is 0. The highest BCUT2D eigenvalue weighted by Gasteiger charge is 2.27. The van der Waals surface area contributed by atoms with Crippen molar-refractivity contribution in [1.82, 2.24) is 15.2 Å². The molecule has 0 unspecified atom stereocenters. The van der Waals surface area contributed by atoms with Gasteiger partial charge >= 0.3 is 0 Å². The van der Waals surface area contributed by atoms with Crippen LogP contribution in [0.2, 0.25) is 0 Å². The van der Waals surface area contributed by atoms with Crippen molar-refractivity contribution >= 4 is 17.4 Å². The van der Waals surface area contributed by atoms with Gasteiger partial charge in [0.1, 0.15) is 5.75 Å². The van der Waals surface area contributed by atoms with E-state index >= 15 is 0 Å². The maximum Gasteiger partial charge on any atom is 0.247 e. The van der Waals surface area contributed by atoms with Crippen molar-refractivity contribution in [2.45, 2.75) is 11.4 Å². The largest absolute Gasteiger partial charge is 0.496 e. The fraction of sp³-hybridized carbons (Fsp3) is 0.167. The number of ether oxygens (including phenoxy) is 2. The molecule has 0 saturated carbocycles. The molecule has 0 aliphatic carbocycles. The second-order valence-electron chi connectivity index (χ2n) is 5.38. The lowest BCUT2D eigenvalue weighted by molar-refractivity contribution is 0.220. The van der Waals surface area contributed by atoms with Crippen LogP contribution in [0.3, 0.4) is 0 Å². The summed E-state index contributed by atoms with van der Waals surface area (Å²) in [5.74, 6) is 1.20. The van der Waals surface area contributed by atoms with E-state index in [2.05, 4.69) is 20.5 Å². The predicted octanol–water partition coefficient (Wildman–Crippen LogP) is 3.77. The third-order valence-electron chi connectivity index (χ3n) is 3.94. The third-order valence-corrected chi connectivity index (χ3v) is 4.48. The third kappa shape index (κ3) is 2.87. The number of fused-ring (bicyclic) bond motifs is 3. The monoisotopic (exact) mass is 352 g/mol. The number of rotatable bonds is 3. The molecule has 2 heterocycles. The maximum absolute atomic E-state index is 6.19. The van der Waals surface area contributed by atoms with Gasteiger partial charge in [-0.05, 0) is 24.5 Å². The van der Waals surface area contributed by atoms with Gasteiger partial charge in [-0.2, -0.15) is 4.98 Å². The number of nitrogens with zero attached hydrogens (tertiary/aromatic N) is 3. The van der Waals surface area contributed by atoms with Crippen LogP contribution in [0.4, 0.5) is 5.69 Å². The Morgan fingerprint density at radius 1 is 1.08 bits per heavy atom. The second kappa shape index (κ2) is 6.60. The Balaban J connectivity index is 1.88. The number of benzene rings is 2. The van der Waals surface area contributed by atoms with Crippen molar-refractivity contribution in [3.8, 4) is 22.9 Å². The van der Waals surface area contributed by atoms with Crippen molar-refractivity contribution in [2.75, 3.05) is 18.7 Å². The minimum absolute atomic E-state index is 0.452. The van der Waals surface area contributed by atoms with Gasteiger partial charge in [-0.25, -0.2) is 0 Å². The molecular formula is C18H16N4O2S. The first-order valence-electron chi connectivity index (χ1n) is 7.74. The molecule has 1 atom stereocenters. The van der Waals surface area contributed by atoms with Gasteiger partial charge in [0, 0.05) is 11.3 Å². The van der Waals surface area contributed by atoms with E-state index in [1.807, 2.05) is 54.8 Å². The Morgan fingerprint density at radius 2 is 1.88 bits per heavy atom. The molecule has 1 aromatic heterocycles. The van der Waals surface area contributed by atoms with Crippen LogP contribution in [0.1, 0.15) is 11.8 Å². The number of hydrogen-bond acceptors (Lipinski definition) is 7. The van der Waals surface area contributed by atoms with E-state index < -0.39 is 6.23 Å². The molecule has 3 aromatic rings. The van der Waals surface area contributed by atoms with Gasteiger partial charge in [0.25, 0.3) is 0 Å². The minimum Gasteiger partial charge on any atom is -0.496 e. The van der Waals surface area contributed by atoms with Gasteiger partial charge in [-0.3, -0.25) is 0 Å². The molecule has 4 rings (SSSR count). The van der Waals surface area contributed by atoms with Crippen LogP contribution in [0.15, 0.2) is 53.7 Å². The first-order chi connectivity index (χ1) is 12.3. The Hall–Kier alpha value is -2.80. The Morgan fingerprint density at radius 3 is 2.72 bits per heavy atom. The van der Waals surface area contributed by atoms with Crippen LogP contribution < -0.4 is 14.8 Å². The van der Waals surface area contributed by atoms with Crippen LogP contribution in [-0.2, 0) is 0 Å².